The van der Waals surface area contributed by atoms with Gasteiger partial charge in [-0.1, -0.05) is 13.8 Å². The first-order valence-corrected chi connectivity index (χ1v) is 6.86. The molecule has 2 saturated carbocycles. The Balaban J connectivity index is 1.97. The highest BCUT2D eigenvalue weighted by molar-refractivity contribution is 5.69. The molecule has 3 rings (SSSR count). The van der Waals surface area contributed by atoms with E-state index < -0.39 is 0 Å². The molecule has 1 aliphatic heterocycles. The van der Waals surface area contributed by atoms with Gasteiger partial charge in [0, 0.05) is 18.0 Å². The number of fused-ring (bicyclic) bond motifs is 1. The normalized spacial score (nSPS) is 42.9. The second kappa shape index (κ2) is 3.18. The van der Waals surface area contributed by atoms with Gasteiger partial charge in [-0.05, 0) is 44.4 Å². The third-order valence-corrected chi connectivity index (χ3v) is 5.91. The summed E-state index contributed by atoms with van der Waals surface area (Å²) in [5.41, 5.74) is 0.543. The Hall–Kier alpha value is -0.730. The molecule has 3 heteroatoms. The van der Waals surface area contributed by atoms with Crippen LogP contribution in [0.5, 0.6) is 0 Å². The van der Waals surface area contributed by atoms with E-state index >= 15 is 0 Å². The average Bonchev–Trinajstić information content (AvgIpc) is 2.60. The number of carbonyl (C=O) groups excluding carboxylic acids is 1. The van der Waals surface area contributed by atoms with E-state index in [1.807, 2.05) is 4.90 Å². The van der Waals surface area contributed by atoms with Crippen molar-refractivity contribution in [3.8, 4) is 0 Å². The van der Waals surface area contributed by atoms with Crippen LogP contribution in [-0.2, 0) is 4.74 Å². The Morgan fingerprint density at radius 3 is 2.71 bits per heavy atom. The van der Waals surface area contributed by atoms with Gasteiger partial charge in [-0.15, -0.1) is 0 Å². The molecule has 3 aliphatic rings. The van der Waals surface area contributed by atoms with Crippen LogP contribution < -0.4 is 0 Å². The number of hydrogen-bond donors (Lipinski definition) is 0. The minimum absolute atomic E-state index is 0.0982. The molecule has 3 unspecified atom stereocenters. The lowest BCUT2D eigenvalue weighted by atomic mass is 9.67. The highest BCUT2D eigenvalue weighted by Crippen LogP contribution is 2.67. The van der Waals surface area contributed by atoms with Crippen LogP contribution in [0.15, 0.2) is 0 Å². The molecule has 0 radical (unpaired) electrons. The van der Waals surface area contributed by atoms with Crippen LogP contribution in [0.25, 0.3) is 0 Å². The van der Waals surface area contributed by atoms with Crippen LogP contribution in [0, 0.1) is 16.7 Å². The molecule has 2 aliphatic carbocycles. The molecule has 0 aromatic rings. The topological polar surface area (TPSA) is 29.5 Å². The predicted octanol–water partition coefficient (Wildman–Crippen LogP) is 3.04. The lowest BCUT2D eigenvalue weighted by Crippen LogP contribution is -2.58. The highest BCUT2D eigenvalue weighted by Gasteiger charge is 2.67. The van der Waals surface area contributed by atoms with Crippen molar-refractivity contribution in [2.24, 2.45) is 16.7 Å². The third kappa shape index (κ3) is 1.20. The Labute approximate surface area is 104 Å². The van der Waals surface area contributed by atoms with Crippen LogP contribution in [0.3, 0.4) is 0 Å². The monoisotopic (exact) mass is 237 g/mol. The quantitative estimate of drug-likeness (QED) is 0.701. The summed E-state index contributed by atoms with van der Waals surface area (Å²) in [5, 5.41) is 0. The minimum Gasteiger partial charge on any atom is -0.445 e. The molecule has 3 nitrogen and oxygen atoms in total. The third-order valence-electron chi connectivity index (χ3n) is 5.91. The van der Waals surface area contributed by atoms with Crippen molar-refractivity contribution in [2.45, 2.75) is 59.1 Å². The van der Waals surface area contributed by atoms with Crippen LogP contribution in [0.4, 0.5) is 4.79 Å². The Bertz CT molecular complexity index is 363. The molecule has 96 valence electrons. The summed E-state index contributed by atoms with van der Waals surface area (Å²) >= 11 is 0. The van der Waals surface area contributed by atoms with Gasteiger partial charge in [0.15, 0.2) is 0 Å². The van der Waals surface area contributed by atoms with Crippen LogP contribution >= 0.6 is 0 Å². The predicted molar refractivity (Wildman–Crippen MR) is 65.7 cm³/mol. The van der Waals surface area contributed by atoms with E-state index in [0.717, 1.165) is 18.9 Å². The van der Waals surface area contributed by atoms with Gasteiger partial charge in [0.05, 0.1) is 0 Å². The number of ether oxygens (including phenoxy) is 1. The Kier molecular flexibility index (Phi) is 2.13. The molecule has 1 saturated heterocycles. The van der Waals surface area contributed by atoms with Crippen molar-refractivity contribution in [1.82, 2.24) is 4.90 Å². The summed E-state index contributed by atoms with van der Waals surface area (Å²) in [5.74, 6) is 0.743. The number of rotatable bonds is 1. The van der Waals surface area contributed by atoms with Crippen LogP contribution in [-0.4, -0.2) is 29.7 Å². The first kappa shape index (κ1) is 11.4. The fraction of sp³-hybridized carbons (Fsp3) is 0.929. The molecule has 17 heavy (non-hydrogen) atoms. The summed E-state index contributed by atoms with van der Waals surface area (Å²) in [6.45, 7) is 9.81. The minimum atomic E-state index is -0.0982. The zero-order valence-electron chi connectivity index (χ0n) is 11.3. The van der Waals surface area contributed by atoms with E-state index in [4.69, 9.17) is 4.74 Å². The van der Waals surface area contributed by atoms with Crippen molar-refractivity contribution in [1.29, 1.82) is 0 Å². The maximum absolute atomic E-state index is 12.0. The van der Waals surface area contributed by atoms with E-state index in [-0.39, 0.29) is 23.7 Å². The summed E-state index contributed by atoms with van der Waals surface area (Å²) in [6.07, 6.45) is 3.71. The van der Waals surface area contributed by atoms with Gasteiger partial charge in [0.2, 0.25) is 0 Å². The molecule has 3 atom stereocenters. The second-order valence-electron chi connectivity index (χ2n) is 6.94. The molecule has 1 amide bonds. The zero-order chi connectivity index (χ0) is 12.4. The maximum atomic E-state index is 12.0. The molecule has 3 fully saturated rings. The molecule has 2 bridgehead atoms. The first-order valence-electron chi connectivity index (χ1n) is 6.86. The van der Waals surface area contributed by atoms with Crippen LogP contribution in [0.1, 0.15) is 47.0 Å². The number of amides is 1. The molecule has 0 aromatic heterocycles. The molecule has 1 spiro atoms. The second-order valence-corrected chi connectivity index (χ2v) is 6.94. The molecular weight excluding hydrogens is 214 g/mol. The van der Waals surface area contributed by atoms with Crippen molar-refractivity contribution < 1.29 is 9.53 Å². The summed E-state index contributed by atoms with van der Waals surface area (Å²) in [6, 6.07) is 0.244. The number of carbonyl (C=O) groups is 1. The number of hydrogen-bond acceptors (Lipinski definition) is 2. The van der Waals surface area contributed by atoms with Crippen molar-refractivity contribution in [3.05, 3.63) is 0 Å². The lowest BCUT2D eigenvalue weighted by Gasteiger charge is -2.49. The van der Waals surface area contributed by atoms with Gasteiger partial charge >= 0.3 is 6.09 Å². The van der Waals surface area contributed by atoms with E-state index in [2.05, 4.69) is 27.7 Å². The average molecular weight is 237 g/mol. The Morgan fingerprint density at radius 1 is 1.41 bits per heavy atom. The standard InChI is InChI=1S/C14H23NO2/c1-9(2)15-8-14-6-5-10(13(14,3)4)7-11(14)17-12(15)16/h9-11H,5-8H2,1-4H3. The van der Waals surface area contributed by atoms with Crippen molar-refractivity contribution >= 4 is 6.09 Å². The maximum Gasteiger partial charge on any atom is 0.410 e. The van der Waals surface area contributed by atoms with Gasteiger partial charge in [-0.2, -0.15) is 0 Å². The summed E-state index contributed by atoms with van der Waals surface area (Å²) < 4.78 is 5.73. The molecule has 0 N–H and O–H groups in total. The summed E-state index contributed by atoms with van der Waals surface area (Å²) in [7, 11) is 0. The largest absolute Gasteiger partial charge is 0.445 e. The van der Waals surface area contributed by atoms with Crippen molar-refractivity contribution in [3.63, 3.8) is 0 Å². The van der Waals surface area contributed by atoms with E-state index in [1.54, 1.807) is 0 Å². The lowest BCUT2D eigenvalue weighted by molar-refractivity contribution is -0.0894. The van der Waals surface area contributed by atoms with E-state index in [9.17, 15) is 4.79 Å². The number of nitrogens with zero attached hydrogens (tertiary/aromatic N) is 1. The smallest absolute Gasteiger partial charge is 0.410 e. The Morgan fingerprint density at radius 2 is 2.12 bits per heavy atom. The molecule has 0 aromatic carbocycles. The first-order chi connectivity index (χ1) is 7.88. The highest BCUT2D eigenvalue weighted by atomic mass is 16.6. The molecule has 1 heterocycles. The SMILES string of the molecule is CC(C)N1CC23CCC(CC2OC1=O)C3(C)C. The van der Waals surface area contributed by atoms with Crippen LogP contribution in [0.2, 0.25) is 0 Å². The summed E-state index contributed by atoms with van der Waals surface area (Å²) in [4.78, 5) is 13.9. The van der Waals surface area contributed by atoms with Gasteiger partial charge in [-0.3, -0.25) is 0 Å². The van der Waals surface area contributed by atoms with Gasteiger partial charge < -0.3 is 9.64 Å². The van der Waals surface area contributed by atoms with Gasteiger partial charge in [0.1, 0.15) is 6.10 Å². The fourth-order valence-electron chi connectivity index (χ4n) is 4.49. The van der Waals surface area contributed by atoms with E-state index in [0.29, 0.717) is 5.41 Å². The van der Waals surface area contributed by atoms with Gasteiger partial charge in [0.25, 0.3) is 0 Å². The fourth-order valence-corrected chi connectivity index (χ4v) is 4.49. The molecular formula is C14H23NO2. The van der Waals surface area contributed by atoms with Crippen molar-refractivity contribution in [2.75, 3.05) is 6.54 Å². The van der Waals surface area contributed by atoms with Gasteiger partial charge in [-0.25, -0.2) is 4.79 Å². The zero-order valence-corrected chi connectivity index (χ0v) is 11.3. The van der Waals surface area contributed by atoms with E-state index in [1.165, 1.54) is 12.8 Å².